The molecule has 0 aromatic heterocycles. The Kier molecular flexibility index (Phi) is 8.10. The van der Waals surface area contributed by atoms with Crippen LogP contribution in [0.3, 0.4) is 0 Å². The number of sulfonamides is 1. The van der Waals surface area contributed by atoms with Crippen LogP contribution in [0, 0.1) is 6.92 Å². The lowest BCUT2D eigenvalue weighted by atomic mass is 9.96. The van der Waals surface area contributed by atoms with Gasteiger partial charge in [-0.15, -0.1) is 12.4 Å². The molecule has 1 unspecified atom stereocenters. The maximum atomic E-state index is 12.6. The van der Waals surface area contributed by atoms with Crippen LogP contribution in [0.1, 0.15) is 53.0 Å². The predicted molar refractivity (Wildman–Crippen MR) is 105 cm³/mol. The first-order chi connectivity index (χ1) is 10.8. The van der Waals surface area contributed by atoms with E-state index in [1.807, 2.05) is 6.92 Å². The van der Waals surface area contributed by atoms with E-state index in [4.69, 9.17) is 5.73 Å². The van der Waals surface area contributed by atoms with Crippen LogP contribution >= 0.6 is 12.4 Å². The second-order valence-electron chi connectivity index (χ2n) is 7.46. The number of hydrogen-bond donors (Lipinski definition) is 3. The van der Waals surface area contributed by atoms with Crippen molar-refractivity contribution in [1.29, 1.82) is 0 Å². The molecular formula is C17H30ClN3O3S. The molecule has 0 saturated heterocycles. The highest BCUT2D eigenvalue weighted by Crippen LogP contribution is 2.22. The molecule has 0 aliphatic heterocycles. The maximum absolute atomic E-state index is 12.6. The van der Waals surface area contributed by atoms with Gasteiger partial charge < -0.3 is 11.1 Å². The average molecular weight is 392 g/mol. The number of halogens is 1. The highest BCUT2D eigenvalue weighted by molar-refractivity contribution is 7.89. The topological polar surface area (TPSA) is 101 Å². The molecule has 1 atom stereocenters. The van der Waals surface area contributed by atoms with Gasteiger partial charge in [0, 0.05) is 11.2 Å². The highest BCUT2D eigenvalue weighted by Gasteiger charge is 2.28. The smallest absolute Gasteiger partial charge is 0.244 e. The van der Waals surface area contributed by atoms with E-state index in [1.165, 1.54) is 6.07 Å². The molecule has 1 amide bonds. The Balaban J connectivity index is 0.00000576. The Hall–Kier alpha value is -1.15. The number of carbonyl (C=O) groups excluding carboxylic acids is 1. The highest BCUT2D eigenvalue weighted by atomic mass is 35.5. The molecule has 4 N–H and O–H groups in total. The van der Waals surface area contributed by atoms with Gasteiger partial charge in [-0.3, -0.25) is 4.79 Å². The van der Waals surface area contributed by atoms with E-state index in [-0.39, 0.29) is 23.2 Å². The van der Waals surface area contributed by atoms with Crippen molar-refractivity contribution >= 4 is 34.0 Å². The summed E-state index contributed by atoms with van der Waals surface area (Å²) >= 11 is 0. The summed E-state index contributed by atoms with van der Waals surface area (Å²) in [6.45, 7) is 10.7. The molecule has 8 heteroatoms. The molecule has 144 valence electrons. The Morgan fingerprint density at radius 3 is 2.24 bits per heavy atom. The minimum absolute atomic E-state index is 0. The predicted octanol–water partition coefficient (Wildman–Crippen LogP) is 2.95. The largest absolute Gasteiger partial charge is 0.324 e. The van der Waals surface area contributed by atoms with Crippen LogP contribution in [0.4, 0.5) is 5.69 Å². The summed E-state index contributed by atoms with van der Waals surface area (Å²) < 4.78 is 27.7. The van der Waals surface area contributed by atoms with Gasteiger partial charge in [0.05, 0.1) is 10.4 Å². The van der Waals surface area contributed by atoms with E-state index in [1.54, 1.807) is 46.8 Å². The average Bonchev–Trinajstić information content (AvgIpc) is 2.37. The molecule has 25 heavy (non-hydrogen) atoms. The number of aryl methyl sites for hydroxylation is 1. The lowest BCUT2D eigenvalue weighted by molar-refractivity contribution is -0.120. The van der Waals surface area contributed by atoms with Gasteiger partial charge in [-0.1, -0.05) is 19.4 Å². The fraction of sp³-hybridized carbons (Fsp3) is 0.588. The third-order valence-corrected chi connectivity index (χ3v) is 5.36. The van der Waals surface area contributed by atoms with E-state index < -0.39 is 21.1 Å². The lowest BCUT2D eigenvalue weighted by Crippen LogP contribution is -2.48. The molecule has 0 bridgehead atoms. The van der Waals surface area contributed by atoms with Gasteiger partial charge in [-0.25, -0.2) is 13.1 Å². The number of benzene rings is 1. The van der Waals surface area contributed by atoms with Crippen molar-refractivity contribution in [3.8, 4) is 0 Å². The van der Waals surface area contributed by atoms with Crippen LogP contribution in [0.25, 0.3) is 0 Å². The first-order valence-corrected chi connectivity index (χ1v) is 9.52. The lowest BCUT2D eigenvalue weighted by Gasteiger charge is -2.24. The van der Waals surface area contributed by atoms with Crippen LogP contribution in [-0.4, -0.2) is 25.4 Å². The number of amides is 1. The number of nitrogens with two attached hydrogens (primary N) is 1. The molecule has 0 aliphatic carbocycles. The normalized spacial score (nSPS) is 14.4. The molecule has 0 radical (unpaired) electrons. The fourth-order valence-corrected chi connectivity index (χ4v) is 4.02. The monoisotopic (exact) mass is 391 g/mol. The van der Waals surface area contributed by atoms with Gasteiger partial charge >= 0.3 is 0 Å². The zero-order chi connectivity index (χ0) is 18.8. The van der Waals surface area contributed by atoms with Crippen LogP contribution in [0.15, 0.2) is 23.1 Å². The Bertz CT molecular complexity index is 710. The Morgan fingerprint density at radius 2 is 1.76 bits per heavy atom. The minimum Gasteiger partial charge on any atom is -0.324 e. The van der Waals surface area contributed by atoms with E-state index in [9.17, 15) is 13.2 Å². The molecule has 0 fully saturated rings. The number of anilines is 1. The van der Waals surface area contributed by atoms with Crippen LogP contribution < -0.4 is 15.8 Å². The first-order valence-electron chi connectivity index (χ1n) is 8.03. The molecule has 0 saturated carbocycles. The fourth-order valence-electron chi connectivity index (χ4n) is 2.33. The van der Waals surface area contributed by atoms with Crippen molar-refractivity contribution < 1.29 is 13.2 Å². The van der Waals surface area contributed by atoms with Crippen molar-refractivity contribution in [2.45, 2.75) is 70.4 Å². The summed E-state index contributed by atoms with van der Waals surface area (Å²) in [7, 11) is -3.69. The zero-order valence-corrected chi connectivity index (χ0v) is 17.4. The van der Waals surface area contributed by atoms with Gasteiger partial charge in [0.1, 0.15) is 0 Å². The van der Waals surface area contributed by atoms with Crippen LogP contribution in [0.2, 0.25) is 0 Å². The first kappa shape index (κ1) is 23.9. The van der Waals surface area contributed by atoms with E-state index >= 15 is 0 Å². The molecule has 1 aromatic carbocycles. The molecule has 1 aromatic rings. The SMILES string of the molecule is CCCC(C)(N)C(=O)Nc1ccc(C)c(S(=O)(=O)NC(C)(C)C)c1.Cl. The van der Waals surface area contributed by atoms with E-state index in [0.717, 1.165) is 6.42 Å². The number of carbonyl (C=O) groups is 1. The molecule has 0 spiro atoms. The minimum atomic E-state index is -3.69. The summed E-state index contributed by atoms with van der Waals surface area (Å²) in [6.07, 6.45) is 1.32. The third kappa shape index (κ3) is 6.93. The summed E-state index contributed by atoms with van der Waals surface area (Å²) in [4.78, 5) is 12.4. The quantitative estimate of drug-likeness (QED) is 0.693. The summed E-state index contributed by atoms with van der Waals surface area (Å²) in [5, 5.41) is 2.71. The number of rotatable bonds is 6. The van der Waals surface area contributed by atoms with Crippen LogP contribution in [0.5, 0.6) is 0 Å². The number of hydrogen-bond acceptors (Lipinski definition) is 4. The molecule has 0 aliphatic rings. The van der Waals surface area contributed by atoms with Gasteiger partial charge in [0.25, 0.3) is 0 Å². The Labute approximate surface area is 157 Å². The van der Waals surface area contributed by atoms with Gasteiger partial charge in [0.2, 0.25) is 15.9 Å². The summed E-state index contributed by atoms with van der Waals surface area (Å²) in [5.41, 5.74) is 5.43. The van der Waals surface area contributed by atoms with Crippen molar-refractivity contribution in [1.82, 2.24) is 4.72 Å². The zero-order valence-electron chi connectivity index (χ0n) is 15.8. The molecule has 0 heterocycles. The van der Waals surface area contributed by atoms with E-state index in [0.29, 0.717) is 17.7 Å². The maximum Gasteiger partial charge on any atom is 0.244 e. The Morgan fingerprint density at radius 1 is 1.20 bits per heavy atom. The van der Waals surface area contributed by atoms with Gasteiger partial charge in [0.15, 0.2) is 0 Å². The van der Waals surface area contributed by atoms with Crippen molar-refractivity contribution in [3.05, 3.63) is 23.8 Å². The van der Waals surface area contributed by atoms with Crippen LogP contribution in [-0.2, 0) is 14.8 Å². The molecule has 6 nitrogen and oxygen atoms in total. The second kappa shape index (κ2) is 8.49. The van der Waals surface area contributed by atoms with Crippen molar-refractivity contribution in [2.24, 2.45) is 5.73 Å². The third-order valence-electron chi connectivity index (χ3n) is 3.46. The number of nitrogens with one attached hydrogen (secondary N) is 2. The standard InChI is InChI=1S/C17H29N3O3S.ClH/c1-7-10-17(6,18)15(21)19-13-9-8-12(2)14(11-13)24(22,23)20-16(3,4)5;/h8-9,11,20H,7,10,18H2,1-6H3,(H,19,21);1H. The van der Waals surface area contributed by atoms with Gasteiger partial charge in [-0.05, 0) is 58.7 Å². The van der Waals surface area contributed by atoms with E-state index in [2.05, 4.69) is 10.0 Å². The van der Waals surface area contributed by atoms with Crippen molar-refractivity contribution in [3.63, 3.8) is 0 Å². The molecule has 1 rings (SSSR count). The second-order valence-corrected chi connectivity index (χ2v) is 9.11. The summed E-state index contributed by atoms with van der Waals surface area (Å²) in [6, 6.07) is 4.80. The summed E-state index contributed by atoms with van der Waals surface area (Å²) in [5.74, 6) is -0.333. The molecular weight excluding hydrogens is 362 g/mol. The van der Waals surface area contributed by atoms with Gasteiger partial charge in [-0.2, -0.15) is 0 Å². The van der Waals surface area contributed by atoms with Crippen molar-refractivity contribution in [2.75, 3.05) is 5.32 Å².